The standard InChI is InChI=1S/C19H24N4O4/c1-26-18(24)17(9-16-10-20-13-21-16)23-8-7-15(11-23)22-19(25)27-12-14-5-3-2-4-6-14/h2-6,10,13,15,17H,7-9,11-12H2,1H3,(H,20,21)(H,22,25)/t15-,17-/m0/s1. The molecule has 3 rings (SSSR count). The number of hydrogen-bond donors (Lipinski definition) is 2. The third-order valence-electron chi connectivity index (χ3n) is 4.63. The van der Waals surface area contributed by atoms with Gasteiger partial charge in [-0.15, -0.1) is 0 Å². The van der Waals surface area contributed by atoms with E-state index in [2.05, 4.69) is 15.3 Å². The van der Waals surface area contributed by atoms with Gasteiger partial charge in [-0.25, -0.2) is 9.78 Å². The average Bonchev–Trinajstić information content (AvgIpc) is 3.36. The summed E-state index contributed by atoms with van der Waals surface area (Å²) < 4.78 is 10.2. The van der Waals surface area contributed by atoms with Crippen LogP contribution in [-0.2, 0) is 27.3 Å². The maximum atomic E-state index is 12.2. The molecule has 2 atom stereocenters. The summed E-state index contributed by atoms with van der Waals surface area (Å²) in [4.78, 5) is 33.3. The summed E-state index contributed by atoms with van der Waals surface area (Å²) in [7, 11) is 1.38. The Bertz CT molecular complexity index is 735. The molecule has 1 saturated heterocycles. The second kappa shape index (κ2) is 9.18. The van der Waals surface area contributed by atoms with Crippen LogP contribution in [0.1, 0.15) is 17.7 Å². The molecule has 0 bridgehead atoms. The van der Waals surface area contributed by atoms with E-state index in [1.807, 2.05) is 35.2 Å². The van der Waals surface area contributed by atoms with E-state index in [1.165, 1.54) is 7.11 Å². The molecule has 8 nitrogen and oxygen atoms in total. The summed E-state index contributed by atoms with van der Waals surface area (Å²) >= 11 is 0. The smallest absolute Gasteiger partial charge is 0.407 e. The monoisotopic (exact) mass is 372 g/mol. The highest BCUT2D eigenvalue weighted by Crippen LogP contribution is 2.17. The van der Waals surface area contributed by atoms with Crippen LogP contribution < -0.4 is 5.32 Å². The molecule has 2 aromatic rings. The second-order valence-corrected chi connectivity index (χ2v) is 6.49. The fourth-order valence-electron chi connectivity index (χ4n) is 3.22. The lowest BCUT2D eigenvalue weighted by Crippen LogP contribution is -2.44. The number of carbonyl (C=O) groups is 2. The number of benzene rings is 1. The lowest BCUT2D eigenvalue weighted by Gasteiger charge is -2.25. The van der Waals surface area contributed by atoms with Gasteiger partial charge in [-0.2, -0.15) is 0 Å². The highest BCUT2D eigenvalue weighted by molar-refractivity contribution is 5.76. The fraction of sp³-hybridized carbons (Fsp3) is 0.421. The van der Waals surface area contributed by atoms with Crippen molar-refractivity contribution < 1.29 is 19.1 Å². The molecule has 8 heteroatoms. The van der Waals surface area contributed by atoms with Crippen LogP contribution in [0.15, 0.2) is 42.9 Å². The van der Waals surface area contributed by atoms with Gasteiger partial charge in [-0.1, -0.05) is 30.3 Å². The van der Waals surface area contributed by atoms with E-state index in [-0.39, 0.29) is 18.6 Å². The van der Waals surface area contributed by atoms with Gasteiger partial charge in [0.25, 0.3) is 0 Å². The van der Waals surface area contributed by atoms with E-state index in [1.54, 1.807) is 12.5 Å². The van der Waals surface area contributed by atoms with Crippen molar-refractivity contribution in [1.29, 1.82) is 0 Å². The number of methoxy groups -OCH3 is 1. The molecule has 1 aromatic carbocycles. The Morgan fingerprint density at radius 3 is 2.89 bits per heavy atom. The number of imidazole rings is 1. The molecule has 2 heterocycles. The van der Waals surface area contributed by atoms with Crippen LogP contribution in [-0.4, -0.2) is 59.2 Å². The van der Waals surface area contributed by atoms with Crippen molar-refractivity contribution >= 4 is 12.1 Å². The lowest BCUT2D eigenvalue weighted by atomic mass is 10.1. The van der Waals surface area contributed by atoms with Crippen molar-refractivity contribution in [2.75, 3.05) is 20.2 Å². The zero-order valence-corrected chi connectivity index (χ0v) is 15.3. The van der Waals surface area contributed by atoms with Gasteiger partial charge in [0.15, 0.2) is 0 Å². The first kappa shape index (κ1) is 18.9. The predicted molar refractivity (Wildman–Crippen MR) is 97.8 cm³/mol. The molecular weight excluding hydrogens is 348 g/mol. The number of aromatic amines is 1. The van der Waals surface area contributed by atoms with E-state index in [0.717, 1.165) is 17.7 Å². The average molecular weight is 372 g/mol. The number of H-pyrrole nitrogens is 1. The lowest BCUT2D eigenvalue weighted by molar-refractivity contribution is -0.146. The molecule has 1 aliphatic rings. The Balaban J connectivity index is 1.50. The highest BCUT2D eigenvalue weighted by Gasteiger charge is 2.34. The summed E-state index contributed by atoms with van der Waals surface area (Å²) in [5, 5.41) is 2.87. The molecule has 0 saturated carbocycles. The third kappa shape index (κ3) is 5.30. The maximum absolute atomic E-state index is 12.2. The van der Waals surface area contributed by atoms with Crippen molar-refractivity contribution in [1.82, 2.24) is 20.2 Å². The zero-order chi connectivity index (χ0) is 19.1. The number of amides is 1. The molecule has 27 heavy (non-hydrogen) atoms. The first-order chi connectivity index (χ1) is 13.2. The Kier molecular flexibility index (Phi) is 6.43. The number of likely N-dealkylation sites (tertiary alicyclic amines) is 1. The normalized spacial score (nSPS) is 18.0. The molecular formula is C19H24N4O4. The van der Waals surface area contributed by atoms with E-state index < -0.39 is 12.1 Å². The van der Waals surface area contributed by atoms with Crippen LogP contribution >= 0.6 is 0 Å². The van der Waals surface area contributed by atoms with E-state index in [4.69, 9.17) is 9.47 Å². The third-order valence-corrected chi connectivity index (χ3v) is 4.63. The Morgan fingerprint density at radius 1 is 1.37 bits per heavy atom. The Labute approximate surface area is 157 Å². The van der Waals surface area contributed by atoms with Crippen LogP contribution in [0.4, 0.5) is 4.79 Å². The van der Waals surface area contributed by atoms with Gasteiger partial charge in [0, 0.05) is 31.7 Å². The minimum atomic E-state index is -0.451. The number of carbonyl (C=O) groups excluding carboxylic acids is 2. The van der Waals surface area contributed by atoms with Gasteiger partial charge in [-0.05, 0) is 12.0 Å². The summed E-state index contributed by atoms with van der Waals surface area (Å²) in [6.07, 6.45) is 4.10. The largest absolute Gasteiger partial charge is 0.468 e. The van der Waals surface area contributed by atoms with Crippen LogP contribution in [0.2, 0.25) is 0 Å². The molecule has 2 N–H and O–H groups in total. The molecule has 1 aromatic heterocycles. The summed E-state index contributed by atoms with van der Waals surface area (Å²) in [6.45, 7) is 1.48. The van der Waals surface area contributed by atoms with Crippen molar-refractivity contribution in [2.24, 2.45) is 0 Å². The van der Waals surface area contributed by atoms with Crippen LogP contribution in [0.25, 0.3) is 0 Å². The molecule has 0 spiro atoms. The quantitative estimate of drug-likeness (QED) is 0.715. The second-order valence-electron chi connectivity index (χ2n) is 6.49. The molecule has 0 radical (unpaired) electrons. The summed E-state index contributed by atoms with van der Waals surface area (Å²) in [6, 6.07) is 9.03. The van der Waals surface area contributed by atoms with E-state index in [9.17, 15) is 9.59 Å². The summed E-state index contributed by atoms with van der Waals surface area (Å²) in [5.41, 5.74) is 1.73. The number of esters is 1. The SMILES string of the molecule is COC(=O)[C@H](Cc1c[nH]cn1)N1CC[C@H](NC(=O)OCc2ccccc2)C1. The molecule has 144 valence electrons. The topological polar surface area (TPSA) is 96.5 Å². The maximum Gasteiger partial charge on any atom is 0.407 e. The van der Waals surface area contributed by atoms with Gasteiger partial charge in [0.05, 0.1) is 19.1 Å². The Hall–Kier alpha value is -2.87. The van der Waals surface area contributed by atoms with Gasteiger partial charge < -0.3 is 19.8 Å². The molecule has 0 aliphatic carbocycles. The highest BCUT2D eigenvalue weighted by atomic mass is 16.5. The van der Waals surface area contributed by atoms with Crippen LogP contribution in [0.5, 0.6) is 0 Å². The molecule has 1 amide bonds. The number of aromatic nitrogens is 2. The number of rotatable bonds is 7. The number of alkyl carbamates (subject to hydrolysis) is 1. The minimum absolute atomic E-state index is 0.0698. The fourth-order valence-corrected chi connectivity index (χ4v) is 3.22. The number of nitrogens with one attached hydrogen (secondary N) is 2. The number of hydrogen-bond acceptors (Lipinski definition) is 6. The molecule has 0 unspecified atom stereocenters. The first-order valence-electron chi connectivity index (χ1n) is 8.92. The van der Waals surface area contributed by atoms with Gasteiger partial charge in [-0.3, -0.25) is 9.69 Å². The van der Waals surface area contributed by atoms with Crippen molar-refractivity contribution in [3.05, 3.63) is 54.1 Å². The van der Waals surface area contributed by atoms with E-state index >= 15 is 0 Å². The predicted octanol–water partition coefficient (Wildman–Crippen LogP) is 1.49. The van der Waals surface area contributed by atoms with Gasteiger partial charge >= 0.3 is 12.1 Å². The van der Waals surface area contributed by atoms with Crippen LogP contribution in [0.3, 0.4) is 0 Å². The van der Waals surface area contributed by atoms with E-state index in [0.29, 0.717) is 19.5 Å². The van der Waals surface area contributed by atoms with Crippen molar-refractivity contribution in [3.63, 3.8) is 0 Å². The first-order valence-corrected chi connectivity index (χ1v) is 8.92. The molecule has 1 aliphatic heterocycles. The Morgan fingerprint density at radius 2 is 2.19 bits per heavy atom. The van der Waals surface area contributed by atoms with Gasteiger partial charge in [0.1, 0.15) is 12.6 Å². The number of nitrogens with zero attached hydrogens (tertiary/aromatic N) is 2. The van der Waals surface area contributed by atoms with Gasteiger partial charge in [0.2, 0.25) is 0 Å². The zero-order valence-electron chi connectivity index (χ0n) is 15.3. The van der Waals surface area contributed by atoms with Crippen molar-refractivity contribution in [3.8, 4) is 0 Å². The van der Waals surface area contributed by atoms with Crippen LogP contribution in [0, 0.1) is 0 Å². The number of ether oxygens (including phenoxy) is 2. The minimum Gasteiger partial charge on any atom is -0.468 e. The molecule has 1 fully saturated rings. The summed E-state index contributed by atoms with van der Waals surface area (Å²) in [5.74, 6) is -0.301. The van der Waals surface area contributed by atoms with Crippen molar-refractivity contribution in [2.45, 2.75) is 31.5 Å².